The zero-order valence-electron chi connectivity index (χ0n) is 9.54. The van der Waals surface area contributed by atoms with Gasteiger partial charge in [-0.05, 0) is 0 Å². The van der Waals surface area contributed by atoms with Crippen LogP contribution in [0.3, 0.4) is 0 Å². The Morgan fingerprint density at radius 1 is 1.00 bits per heavy atom. The molecule has 88 valence electrons. The monoisotopic (exact) mass is 366 g/mol. The van der Waals surface area contributed by atoms with Gasteiger partial charge in [0.25, 0.3) is 0 Å². The van der Waals surface area contributed by atoms with Crippen molar-refractivity contribution in [2.75, 3.05) is 0 Å². The maximum atomic E-state index is 8.97. The van der Waals surface area contributed by atoms with Crippen molar-refractivity contribution in [1.82, 2.24) is 0 Å². The van der Waals surface area contributed by atoms with Gasteiger partial charge in [-0.15, -0.1) is 0 Å². The minimum absolute atomic E-state index is 0.0276. The third-order valence-electron chi connectivity index (χ3n) is 2.66. The second-order valence-electron chi connectivity index (χ2n) is 3.67. The summed E-state index contributed by atoms with van der Waals surface area (Å²) in [6.45, 7) is 0. The summed E-state index contributed by atoms with van der Waals surface area (Å²) in [5.41, 5.74) is 1.23. The molecule has 0 aromatic heterocycles. The van der Waals surface area contributed by atoms with Crippen molar-refractivity contribution in [3.63, 3.8) is 0 Å². The minimum atomic E-state index is -0.0945. The van der Waals surface area contributed by atoms with Crippen molar-refractivity contribution in [2.24, 2.45) is 0 Å². The van der Waals surface area contributed by atoms with Gasteiger partial charge in [0.05, 0.1) is 0 Å². The molecule has 0 spiro atoms. The number of nitriles is 2. The van der Waals surface area contributed by atoms with Gasteiger partial charge in [0.15, 0.2) is 0 Å². The van der Waals surface area contributed by atoms with Gasteiger partial charge in [-0.1, -0.05) is 0 Å². The molecule has 0 heterocycles. The molecular formula is C14H10N2Se2. The van der Waals surface area contributed by atoms with E-state index in [1.54, 1.807) is 0 Å². The molecule has 0 amide bonds. The predicted molar refractivity (Wildman–Crippen MR) is 74.2 cm³/mol. The van der Waals surface area contributed by atoms with Gasteiger partial charge >= 0.3 is 119 Å². The molecule has 0 saturated carbocycles. The average molecular weight is 364 g/mol. The van der Waals surface area contributed by atoms with Crippen molar-refractivity contribution in [3.8, 4) is 9.94 Å². The van der Waals surface area contributed by atoms with Gasteiger partial charge in [0, 0.05) is 0 Å². The first-order valence-electron chi connectivity index (χ1n) is 5.40. The van der Waals surface area contributed by atoms with Gasteiger partial charge in [0.2, 0.25) is 0 Å². The van der Waals surface area contributed by atoms with Crippen LogP contribution in [0.2, 0.25) is 5.32 Å². The van der Waals surface area contributed by atoms with Crippen LogP contribution in [-0.4, -0.2) is 29.9 Å². The van der Waals surface area contributed by atoms with Gasteiger partial charge in [-0.3, -0.25) is 0 Å². The summed E-state index contributed by atoms with van der Waals surface area (Å²) in [7, 11) is 0. The summed E-state index contributed by atoms with van der Waals surface area (Å²) >= 11 is -0.122. The van der Waals surface area contributed by atoms with E-state index in [4.69, 9.17) is 10.5 Å². The van der Waals surface area contributed by atoms with E-state index in [-0.39, 0.29) is 34.7 Å². The van der Waals surface area contributed by atoms with Gasteiger partial charge in [-0.25, -0.2) is 0 Å². The summed E-state index contributed by atoms with van der Waals surface area (Å²) < 4.78 is 0. The van der Waals surface area contributed by atoms with Crippen LogP contribution < -0.4 is 0 Å². The number of fused-ring (bicyclic) bond motifs is 1. The molecule has 2 rings (SSSR count). The summed E-state index contributed by atoms with van der Waals surface area (Å²) in [4.78, 5) is 4.78. The van der Waals surface area contributed by atoms with Crippen LogP contribution in [0.25, 0.3) is 10.8 Å². The van der Waals surface area contributed by atoms with Gasteiger partial charge in [0.1, 0.15) is 0 Å². The molecule has 1 atom stereocenters. The Labute approximate surface area is 119 Å². The Morgan fingerprint density at radius 3 is 2.56 bits per heavy atom. The number of rotatable bonds is 4. The average Bonchev–Trinajstić information content (AvgIpc) is 2.43. The van der Waals surface area contributed by atoms with E-state index < -0.39 is 0 Å². The fourth-order valence-electron chi connectivity index (χ4n) is 1.90. The number of benzene rings is 2. The summed E-state index contributed by atoms with van der Waals surface area (Å²) in [6, 6.07) is 14.5. The van der Waals surface area contributed by atoms with Crippen LogP contribution in [0, 0.1) is 20.5 Å². The fraction of sp³-hybridized carbons (Fsp3) is 0.143. The van der Waals surface area contributed by atoms with Crippen molar-refractivity contribution in [2.45, 2.75) is 10.1 Å². The Balaban J connectivity index is 2.44. The summed E-state index contributed by atoms with van der Waals surface area (Å²) in [5, 5.41) is 21.0. The first kappa shape index (κ1) is 13.2. The Bertz CT molecular complexity index is 620. The van der Waals surface area contributed by atoms with E-state index in [1.807, 2.05) is 18.2 Å². The fourth-order valence-corrected chi connectivity index (χ4v) is 5.34. The Hall–Kier alpha value is -1.28. The molecular weight excluding hydrogens is 354 g/mol. The van der Waals surface area contributed by atoms with Crippen molar-refractivity contribution >= 4 is 40.7 Å². The molecule has 1 unspecified atom stereocenters. The SMILES string of the molecule is N#C[Se]CC([Se]C#N)c1cccc2ccccc12. The number of hydrogen-bond donors (Lipinski definition) is 0. The van der Waals surface area contributed by atoms with Crippen LogP contribution in [-0.2, 0) is 0 Å². The summed E-state index contributed by atoms with van der Waals surface area (Å²) in [6.07, 6.45) is 0. The molecule has 0 aliphatic carbocycles. The molecule has 2 aromatic carbocycles. The normalized spacial score (nSPS) is 11.7. The quantitative estimate of drug-likeness (QED) is 0.784. The standard InChI is InChI=1S/C14H10N2Se2/c15-9-17-8-14(18-10-16)13-7-3-5-11-4-1-2-6-12(11)13/h1-7,14H,8H2. The molecule has 4 heteroatoms. The molecule has 0 fully saturated rings. The van der Waals surface area contributed by atoms with Crippen LogP contribution in [0.15, 0.2) is 42.5 Å². The zero-order valence-corrected chi connectivity index (χ0v) is 13.0. The van der Waals surface area contributed by atoms with E-state index in [0.29, 0.717) is 0 Å². The molecule has 0 saturated heterocycles. The predicted octanol–water partition coefficient (Wildman–Crippen LogP) is 2.67. The van der Waals surface area contributed by atoms with E-state index >= 15 is 0 Å². The molecule has 0 bridgehead atoms. The van der Waals surface area contributed by atoms with E-state index in [0.717, 1.165) is 5.32 Å². The van der Waals surface area contributed by atoms with E-state index in [2.05, 4.69) is 34.2 Å². The number of hydrogen-bond acceptors (Lipinski definition) is 2. The molecule has 0 N–H and O–H groups in total. The maximum absolute atomic E-state index is 8.97. The summed E-state index contributed by atoms with van der Waals surface area (Å²) in [5.74, 6) is 0. The van der Waals surface area contributed by atoms with Crippen molar-refractivity contribution in [1.29, 1.82) is 10.5 Å². The second-order valence-corrected chi connectivity index (χ2v) is 7.43. The van der Waals surface area contributed by atoms with E-state index in [1.165, 1.54) is 16.3 Å². The first-order chi connectivity index (χ1) is 8.86. The molecule has 18 heavy (non-hydrogen) atoms. The number of nitrogens with zero attached hydrogens (tertiary/aromatic N) is 2. The molecule has 0 aliphatic heterocycles. The second kappa shape index (κ2) is 6.60. The van der Waals surface area contributed by atoms with E-state index in [9.17, 15) is 0 Å². The van der Waals surface area contributed by atoms with Crippen LogP contribution >= 0.6 is 0 Å². The van der Waals surface area contributed by atoms with Crippen LogP contribution in [0.5, 0.6) is 0 Å². The molecule has 2 nitrogen and oxygen atoms in total. The van der Waals surface area contributed by atoms with Crippen LogP contribution in [0.1, 0.15) is 10.4 Å². The molecule has 2 aromatic rings. The van der Waals surface area contributed by atoms with Crippen molar-refractivity contribution in [3.05, 3.63) is 48.0 Å². The Morgan fingerprint density at radius 2 is 1.78 bits per heavy atom. The topological polar surface area (TPSA) is 47.6 Å². The molecule has 0 radical (unpaired) electrons. The zero-order chi connectivity index (χ0) is 12.8. The first-order valence-corrected chi connectivity index (χ1v) is 9.31. The third-order valence-corrected chi connectivity index (χ3v) is 6.75. The molecule has 0 aliphatic rings. The van der Waals surface area contributed by atoms with Crippen LogP contribution in [0.4, 0.5) is 0 Å². The van der Waals surface area contributed by atoms with Crippen molar-refractivity contribution < 1.29 is 0 Å². The third kappa shape index (κ3) is 2.94. The van der Waals surface area contributed by atoms with Gasteiger partial charge < -0.3 is 0 Å². The Kier molecular flexibility index (Phi) is 4.82. The van der Waals surface area contributed by atoms with Gasteiger partial charge in [-0.2, -0.15) is 0 Å².